The summed E-state index contributed by atoms with van der Waals surface area (Å²) in [6.07, 6.45) is -1.94. The van der Waals surface area contributed by atoms with Gasteiger partial charge in [0.2, 0.25) is 0 Å². The number of hydrogen-bond acceptors (Lipinski definition) is 4. The Morgan fingerprint density at radius 3 is 2.48 bits per heavy atom. The number of hydrogen-bond donors (Lipinski definition) is 1. The van der Waals surface area contributed by atoms with Gasteiger partial charge < -0.3 is 9.84 Å². The molecule has 1 rings (SSSR count). The van der Waals surface area contributed by atoms with Crippen molar-refractivity contribution in [3.8, 4) is 0 Å². The van der Waals surface area contributed by atoms with E-state index in [-0.39, 0.29) is 6.42 Å². The smallest absolute Gasteiger partial charge is 0.330 e. The highest BCUT2D eigenvalue weighted by molar-refractivity contribution is 7.91. The Bertz CT molecular complexity index is 427. The molecular formula is C12H20F4O4S. The van der Waals surface area contributed by atoms with Crippen LogP contribution in [-0.4, -0.2) is 56.7 Å². The lowest BCUT2D eigenvalue weighted by atomic mass is 9.85. The van der Waals surface area contributed by atoms with Crippen LogP contribution < -0.4 is 0 Å². The SMILES string of the molecule is CS(=O)(=O)C1CCCC(C(O)COCC(F)(F)C(F)F)C1. The van der Waals surface area contributed by atoms with Crippen LogP contribution in [0.5, 0.6) is 0 Å². The molecule has 21 heavy (non-hydrogen) atoms. The molecule has 0 bridgehead atoms. The topological polar surface area (TPSA) is 63.6 Å². The van der Waals surface area contributed by atoms with Gasteiger partial charge in [0, 0.05) is 6.26 Å². The van der Waals surface area contributed by atoms with E-state index in [0.717, 1.165) is 6.26 Å². The summed E-state index contributed by atoms with van der Waals surface area (Å²) in [5, 5.41) is 9.28. The minimum atomic E-state index is -4.25. The predicted molar refractivity (Wildman–Crippen MR) is 68.4 cm³/mol. The van der Waals surface area contributed by atoms with Crippen molar-refractivity contribution < 1.29 is 35.8 Å². The number of sulfone groups is 1. The van der Waals surface area contributed by atoms with Crippen molar-refractivity contribution in [1.29, 1.82) is 0 Å². The Morgan fingerprint density at radius 1 is 1.33 bits per heavy atom. The van der Waals surface area contributed by atoms with E-state index in [4.69, 9.17) is 0 Å². The summed E-state index contributed by atoms with van der Waals surface area (Å²) in [5.74, 6) is -4.64. The molecule has 3 unspecified atom stereocenters. The second kappa shape index (κ2) is 7.23. The van der Waals surface area contributed by atoms with Crippen molar-refractivity contribution in [2.75, 3.05) is 19.5 Å². The Balaban J connectivity index is 2.43. The van der Waals surface area contributed by atoms with Crippen molar-refractivity contribution in [2.45, 2.75) is 49.4 Å². The third-order valence-electron chi connectivity index (χ3n) is 3.72. The van der Waals surface area contributed by atoms with Gasteiger partial charge in [-0.3, -0.25) is 0 Å². The lowest BCUT2D eigenvalue weighted by Gasteiger charge is -2.31. The fraction of sp³-hybridized carbons (Fsp3) is 1.00. The molecule has 0 spiro atoms. The Morgan fingerprint density at radius 2 is 1.95 bits per heavy atom. The molecule has 1 fully saturated rings. The first-order valence-corrected chi connectivity index (χ1v) is 8.60. The van der Waals surface area contributed by atoms with Crippen LogP contribution in [0.15, 0.2) is 0 Å². The Kier molecular flexibility index (Phi) is 6.42. The Labute approximate surface area is 121 Å². The maximum atomic E-state index is 12.6. The minimum absolute atomic E-state index is 0.231. The van der Waals surface area contributed by atoms with Crippen molar-refractivity contribution in [3.63, 3.8) is 0 Å². The minimum Gasteiger partial charge on any atom is -0.390 e. The van der Waals surface area contributed by atoms with Gasteiger partial charge in [-0.1, -0.05) is 6.42 Å². The molecule has 0 saturated heterocycles. The maximum Gasteiger partial charge on any atom is 0.330 e. The van der Waals surface area contributed by atoms with Gasteiger partial charge >= 0.3 is 12.3 Å². The first-order chi connectivity index (χ1) is 9.54. The van der Waals surface area contributed by atoms with Crippen molar-refractivity contribution in [3.05, 3.63) is 0 Å². The predicted octanol–water partition coefficient (Wildman–Crippen LogP) is 1.87. The summed E-state index contributed by atoms with van der Waals surface area (Å²) in [7, 11) is -3.22. The summed E-state index contributed by atoms with van der Waals surface area (Å²) in [6.45, 7) is -1.98. The van der Waals surface area contributed by atoms with Crippen LogP contribution in [0.4, 0.5) is 17.6 Å². The molecule has 0 amide bonds. The van der Waals surface area contributed by atoms with Crippen molar-refractivity contribution in [2.24, 2.45) is 5.92 Å². The van der Waals surface area contributed by atoms with E-state index in [1.807, 2.05) is 0 Å². The summed E-state index contributed by atoms with van der Waals surface area (Å²) >= 11 is 0. The molecule has 0 aromatic heterocycles. The summed E-state index contributed by atoms with van der Waals surface area (Å²) < 4.78 is 76.5. The zero-order chi connectivity index (χ0) is 16.3. The van der Waals surface area contributed by atoms with Gasteiger partial charge in [0.1, 0.15) is 16.4 Å². The van der Waals surface area contributed by atoms with Crippen LogP contribution in [0, 0.1) is 5.92 Å². The molecule has 0 radical (unpaired) electrons. The third-order valence-corrected chi connectivity index (χ3v) is 5.36. The maximum absolute atomic E-state index is 12.6. The average molecular weight is 336 g/mol. The molecule has 126 valence electrons. The van der Waals surface area contributed by atoms with Crippen molar-refractivity contribution in [1.82, 2.24) is 0 Å². The standard InChI is InChI=1S/C12H20F4O4S/c1-21(18,19)9-4-2-3-8(5-9)10(17)6-20-7-12(15,16)11(13)14/h8-11,17H,2-7H2,1H3. The molecule has 3 atom stereocenters. The summed E-state index contributed by atoms with van der Waals surface area (Å²) in [4.78, 5) is 0. The van der Waals surface area contributed by atoms with Gasteiger partial charge in [0.25, 0.3) is 0 Å². The zero-order valence-electron chi connectivity index (χ0n) is 11.6. The number of halogens is 4. The number of ether oxygens (including phenoxy) is 1. The monoisotopic (exact) mass is 336 g/mol. The van der Waals surface area contributed by atoms with Gasteiger partial charge in [-0.15, -0.1) is 0 Å². The highest BCUT2D eigenvalue weighted by atomic mass is 32.2. The lowest BCUT2D eigenvalue weighted by molar-refractivity contribution is -0.172. The average Bonchev–Trinajstić information content (AvgIpc) is 2.37. The molecule has 0 heterocycles. The fourth-order valence-electron chi connectivity index (χ4n) is 2.43. The molecule has 1 aliphatic rings. The van der Waals surface area contributed by atoms with E-state index in [0.29, 0.717) is 19.3 Å². The lowest BCUT2D eigenvalue weighted by Crippen LogP contribution is -2.37. The summed E-state index contributed by atoms with van der Waals surface area (Å²) in [6, 6.07) is 0. The third kappa shape index (κ3) is 5.71. The molecule has 1 aliphatic carbocycles. The summed E-state index contributed by atoms with van der Waals surface area (Å²) in [5.41, 5.74) is 0. The normalized spacial score (nSPS) is 26.0. The van der Waals surface area contributed by atoms with Gasteiger partial charge in [0.05, 0.1) is 18.0 Å². The first-order valence-electron chi connectivity index (χ1n) is 6.64. The largest absolute Gasteiger partial charge is 0.390 e. The number of aliphatic hydroxyl groups is 1. The second-order valence-corrected chi connectivity index (χ2v) is 7.85. The van der Waals surface area contributed by atoms with E-state index in [2.05, 4.69) is 4.74 Å². The number of rotatable bonds is 7. The highest BCUT2D eigenvalue weighted by Gasteiger charge is 2.41. The van der Waals surface area contributed by atoms with Crippen LogP contribution >= 0.6 is 0 Å². The molecule has 0 aliphatic heterocycles. The van der Waals surface area contributed by atoms with Crippen LogP contribution in [0.1, 0.15) is 25.7 Å². The van der Waals surface area contributed by atoms with Gasteiger partial charge in [-0.25, -0.2) is 17.2 Å². The molecule has 1 N–H and O–H groups in total. The van der Waals surface area contributed by atoms with Crippen LogP contribution in [0.3, 0.4) is 0 Å². The van der Waals surface area contributed by atoms with Crippen LogP contribution in [0.25, 0.3) is 0 Å². The fourth-order valence-corrected chi connectivity index (χ4v) is 3.63. The van der Waals surface area contributed by atoms with Crippen molar-refractivity contribution >= 4 is 9.84 Å². The molecule has 9 heteroatoms. The van der Waals surface area contributed by atoms with E-state index in [1.165, 1.54) is 0 Å². The second-order valence-electron chi connectivity index (χ2n) is 5.52. The van der Waals surface area contributed by atoms with E-state index >= 15 is 0 Å². The molecule has 4 nitrogen and oxygen atoms in total. The van der Waals surface area contributed by atoms with E-state index < -0.39 is 52.7 Å². The quantitative estimate of drug-likeness (QED) is 0.721. The van der Waals surface area contributed by atoms with Gasteiger partial charge in [-0.2, -0.15) is 8.78 Å². The van der Waals surface area contributed by atoms with Gasteiger partial charge in [-0.05, 0) is 25.2 Å². The number of alkyl halides is 4. The highest BCUT2D eigenvalue weighted by Crippen LogP contribution is 2.31. The molecule has 0 aromatic rings. The Hall–Kier alpha value is -0.410. The van der Waals surface area contributed by atoms with Crippen LogP contribution in [0.2, 0.25) is 0 Å². The van der Waals surface area contributed by atoms with E-state index in [9.17, 15) is 31.1 Å². The molecule has 1 saturated carbocycles. The number of aliphatic hydroxyl groups excluding tert-OH is 1. The first kappa shape index (κ1) is 18.6. The molecular weight excluding hydrogens is 316 g/mol. The van der Waals surface area contributed by atoms with Crippen LogP contribution in [-0.2, 0) is 14.6 Å². The van der Waals surface area contributed by atoms with Gasteiger partial charge in [0.15, 0.2) is 0 Å². The zero-order valence-corrected chi connectivity index (χ0v) is 12.5. The molecule has 0 aromatic carbocycles. The van der Waals surface area contributed by atoms with E-state index in [1.54, 1.807) is 0 Å².